The number of unbranched alkanes of at least 4 members (excludes halogenated alkanes) is 7. The van der Waals surface area contributed by atoms with Crippen LogP contribution in [0.4, 0.5) is 0 Å². The number of hydrogen-bond donors (Lipinski definition) is 1. The molecule has 1 atom stereocenters. The second-order valence-corrected chi connectivity index (χ2v) is 22.8. The van der Waals surface area contributed by atoms with Crippen molar-refractivity contribution in [1.29, 1.82) is 0 Å². The molecule has 0 radical (unpaired) electrons. The maximum atomic E-state index is 10.8. The zero-order valence-electron chi connectivity index (χ0n) is 19.6. The van der Waals surface area contributed by atoms with Crippen LogP contribution in [-0.2, 0) is 21.6 Å². The first-order valence-corrected chi connectivity index (χ1v) is 24.6. The molecular weight excluding hydrogens is 660 g/mol. The van der Waals surface area contributed by atoms with Gasteiger partial charge >= 0.3 is 42.8 Å². The minimum atomic E-state index is -2.18. The SMILES string of the molecule is CCCCCCCCCCC(=[C-]Sc1ccccc1)C(O)CCc1ccccc1.[Cl][Ta]([Cl])[Cl]. The number of thioether (sulfide) groups is 1. The Hall–Kier alpha value is 0.100. The summed E-state index contributed by atoms with van der Waals surface area (Å²) in [6, 6.07) is 20.8. The summed E-state index contributed by atoms with van der Waals surface area (Å²) < 4.78 is 0. The summed E-state index contributed by atoms with van der Waals surface area (Å²) in [6.07, 6.45) is 12.7. The summed E-state index contributed by atoms with van der Waals surface area (Å²) in [5, 5.41) is 14.3. The van der Waals surface area contributed by atoms with Gasteiger partial charge in [0.25, 0.3) is 0 Å². The van der Waals surface area contributed by atoms with Crippen LogP contribution in [0.15, 0.2) is 71.1 Å². The van der Waals surface area contributed by atoms with Gasteiger partial charge in [0.2, 0.25) is 0 Å². The van der Waals surface area contributed by atoms with Crippen LogP contribution in [-0.4, -0.2) is 11.2 Å². The number of aryl methyl sites for hydroxylation is 1. The zero-order chi connectivity index (χ0) is 24.2. The Morgan fingerprint density at radius 3 is 1.94 bits per heavy atom. The molecule has 0 spiro atoms. The molecule has 184 valence electrons. The maximum absolute atomic E-state index is 10.8. The first kappa shape index (κ1) is 31.1. The average molecular weight is 697 g/mol. The molecule has 1 unspecified atom stereocenters. The van der Waals surface area contributed by atoms with Gasteiger partial charge in [0, 0.05) is 6.10 Å². The summed E-state index contributed by atoms with van der Waals surface area (Å²) in [7, 11) is 15.0. The van der Waals surface area contributed by atoms with E-state index in [2.05, 4.69) is 48.7 Å². The molecule has 2 aromatic rings. The molecule has 0 fully saturated rings. The van der Waals surface area contributed by atoms with Gasteiger partial charge in [0.15, 0.2) is 0 Å². The van der Waals surface area contributed by atoms with Gasteiger partial charge < -0.3 is 22.3 Å². The number of aliphatic hydroxyl groups excluding tert-OH is 1. The molecule has 0 saturated heterocycles. The third-order valence-corrected chi connectivity index (χ3v) is 6.17. The van der Waals surface area contributed by atoms with E-state index in [9.17, 15) is 5.11 Å². The fourth-order valence-corrected chi connectivity index (χ4v) is 4.25. The molecule has 0 amide bonds. The Balaban J connectivity index is 0.00000125. The van der Waals surface area contributed by atoms with Crippen molar-refractivity contribution in [3.63, 3.8) is 0 Å². The molecule has 0 aliphatic carbocycles. The molecule has 0 heterocycles. The standard InChI is InChI=1S/C27H37OS.3ClH.Ta/c1-2-3-4-5-6-7-8-13-18-25(23-29-26-19-14-10-15-20-26)27(28)22-21-24-16-11-9-12-17-24;;;;/h9-12,14-17,19-20,27-28H,2-8,13,18,21-22H2,1H3;3*1H;/q-1;;;;+3/p-3. The van der Waals surface area contributed by atoms with Crippen molar-refractivity contribution in [3.8, 4) is 0 Å². The number of aliphatic hydroxyl groups is 1. The molecule has 0 saturated carbocycles. The molecule has 33 heavy (non-hydrogen) atoms. The van der Waals surface area contributed by atoms with Crippen molar-refractivity contribution in [3.05, 3.63) is 77.2 Å². The van der Waals surface area contributed by atoms with E-state index < -0.39 is 21.3 Å². The van der Waals surface area contributed by atoms with Crippen LogP contribution in [0.5, 0.6) is 0 Å². The van der Waals surface area contributed by atoms with Crippen LogP contribution in [0, 0.1) is 5.41 Å². The Morgan fingerprint density at radius 1 is 0.848 bits per heavy atom. The van der Waals surface area contributed by atoms with Gasteiger partial charge in [-0.15, -0.1) is 0 Å². The molecule has 0 aliphatic rings. The molecule has 1 N–H and O–H groups in total. The minimum absolute atomic E-state index is 0.407. The molecule has 0 bridgehead atoms. The monoisotopic (exact) mass is 695 g/mol. The van der Waals surface area contributed by atoms with Crippen LogP contribution >= 0.6 is 39.3 Å². The van der Waals surface area contributed by atoms with Crippen molar-refractivity contribution in [1.82, 2.24) is 0 Å². The fourth-order valence-electron chi connectivity index (χ4n) is 3.47. The van der Waals surface area contributed by atoms with Gasteiger partial charge in [-0.05, 0) is 23.3 Å². The summed E-state index contributed by atoms with van der Waals surface area (Å²) in [4.78, 5) is 1.18. The van der Waals surface area contributed by atoms with E-state index in [1.165, 1.54) is 55.4 Å². The molecule has 2 aromatic carbocycles. The Morgan fingerprint density at radius 2 is 1.36 bits per heavy atom. The van der Waals surface area contributed by atoms with Crippen LogP contribution < -0.4 is 0 Å². The van der Waals surface area contributed by atoms with E-state index in [1.807, 2.05) is 24.3 Å². The van der Waals surface area contributed by atoms with Crippen molar-refractivity contribution in [2.45, 2.75) is 88.6 Å². The molecule has 2 rings (SSSR count). The summed E-state index contributed by atoms with van der Waals surface area (Å²) in [5.74, 6) is 0. The Kier molecular flexibility index (Phi) is 20.2. The van der Waals surface area contributed by atoms with E-state index in [1.54, 1.807) is 11.8 Å². The number of rotatable bonds is 15. The predicted molar refractivity (Wildman–Crippen MR) is 145 cm³/mol. The van der Waals surface area contributed by atoms with Gasteiger partial charge in [-0.1, -0.05) is 125 Å². The number of hydrogen-bond acceptors (Lipinski definition) is 2. The van der Waals surface area contributed by atoms with Crippen LogP contribution in [0.2, 0.25) is 0 Å². The van der Waals surface area contributed by atoms with Crippen molar-refractivity contribution >= 4 is 39.3 Å². The van der Waals surface area contributed by atoms with Gasteiger partial charge in [-0.25, -0.2) is 5.57 Å². The average Bonchev–Trinajstić information content (AvgIpc) is 2.82. The summed E-state index contributed by atoms with van der Waals surface area (Å²) in [6.45, 7) is 2.26. The number of benzene rings is 2. The third-order valence-electron chi connectivity index (χ3n) is 5.29. The molecule has 0 aliphatic heterocycles. The molecular formula is C27H37Cl3OSTa-. The molecule has 1 nitrogen and oxygen atoms in total. The second kappa shape index (κ2) is 21.4. The molecule has 6 heteroatoms. The van der Waals surface area contributed by atoms with Crippen molar-refractivity contribution in [2.75, 3.05) is 0 Å². The van der Waals surface area contributed by atoms with E-state index in [0.29, 0.717) is 0 Å². The predicted octanol–water partition coefficient (Wildman–Crippen LogP) is 10.1. The Bertz CT molecular complexity index is 726. The topological polar surface area (TPSA) is 20.2 Å². The van der Waals surface area contributed by atoms with Crippen LogP contribution in [0.25, 0.3) is 0 Å². The van der Waals surface area contributed by atoms with Crippen molar-refractivity contribution < 1.29 is 20.3 Å². The molecule has 0 aromatic heterocycles. The summed E-state index contributed by atoms with van der Waals surface area (Å²) >= 11 is -0.567. The first-order chi connectivity index (χ1) is 16.0. The zero-order valence-corrected chi connectivity index (χ0v) is 25.9. The normalized spacial score (nSPS) is 12.4. The quantitative estimate of drug-likeness (QED) is 0.114. The summed E-state index contributed by atoms with van der Waals surface area (Å²) in [5.41, 5.74) is 2.36. The van der Waals surface area contributed by atoms with Crippen molar-refractivity contribution in [2.24, 2.45) is 0 Å². The van der Waals surface area contributed by atoms with E-state index in [4.69, 9.17) is 27.6 Å². The third kappa shape index (κ3) is 18.1. The van der Waals surface area contributed by atoms with E-state index >= 15 is 0 Å². The van der Waals surface area contributed by atoms with Crippen LogP contribution in [0.3, 0.4) is 0 Å². The van der Waals surface area contributed by atoms with Crippen LogP contribution in [0.1, 0.15) is 76.7 Å². The van der Waals surface area contributed by atoms with E-state index in [-0.39, 0.29) is 0 Å². The van der Waals surface area contributed by atoms with E-state index in [0.717, 1.165) is 31.3 Å². The van der Waals surface area contributed by atoms with Gasteiger partial charge in [0.1, 0.15) is 0 Å². The first-order valence-electron chi connectivity index (χ1n) is 11.9. The number of halogens is 3. The van der Waals surface area contributed by atoms with Gasteiger partial charge in [-0.2, -0.15) is 0 Å². The van der Waals surface area contributed by atoms with Gasteiger partial charge in [-0.3, -0.25) is 0 Å². The Labute approximate surface area is 223 Å². The van der Waals surface area contributed by atoms with Gasteiger partial charge in [0.05, 0.1) is 0 Å². The fraction of sp³-hybridized carbons (Fsp3) is 0.481. The second-order valence-electron chi connectivity index (χ2n) is 8.00.